The normalized spacial score (nSPS) is 19.1. The van der Waals surface area contributed by atoms with Crippen molar-refractivity contribution in [2.75, 3.05) is 13.2 Å². The summed E-state index contributed by atoms with van der Waals surface area (Å²) in [6.07, 6.45) is 16.1. The summed E-state index contributed by atoms with van der Waals surface area (Å²) in [5.74, 6) is 15.6. The summed E-state index contributed by atoms with van der Waals surface area (Å²) in [6, 6.07) is 86.6. The molecule has 455 valence electrons. The van der Waals surface area contributed by atoms with Gasteiger partial charge in [-0.3, -0.25) is 0 Å². The number of halogens is 2. The van der Waals surface area contributed by atoms with Crippen molar-refractivity contribution in [1.82, 2.24) is 0 Å². The van der Waals surface area contributed by atoms with Crippen LogP contribution in [0.15, 0.2) is 253 Å². The van der Waals surface area contributed by atoms with Crippen molar-refractivity contribution >= 4 is 11.8 Å². The van der Waals surface area contributed by atoms with Gasteiger partial charge in [0.05, 0.1) is 23.9 Å². The first kappa shape index (κ1) is 71.1. The summed E-state index contributed by atoms with van der Waals surface area (Å²) in [5, 5.41) is 0. The van der Waals surface area contributed by atoms with Gasteiger partial charge in [0.15, 0.2) is 11.8 Å². The second kappa shape index (κ2) is 36.6. The Labute approximate surface area is 577 Å². The molecule has 0 bridgehead atoms. The molecule has 2 aliphatic heterocycles. The van der Waals surface area contributed by atoms with Gasteiger partial charge in [0, 0.05) is 101 Å². The quantitative estimate of drug-likeness (QED) is 0.114. The third kappa shape index (κ3) is 18.0. The predicted octanol–water partition coefficient (Wildman–Crippen LogP) is 16.1. The molecule has 4 fully saturated rings. The van der Waals surface area contributed by atoms with Crippen LogP contribution in [0.4, 0.5) is 0 Å². The Hall–Kier alpha value is -4.38. The molecule has 0 unspecified atom stereocenters. The first-order valence-corrected chi connectivity index (χ1v) is 33.3. The molecule has 14 rings (SSSR count). The van der Waals surface area contributed by atoms with E-state index in [-0.39, 0.29) is 69.9 Å². The summed E-state index contributed by atoms with van der Waals surface area (Å²) in [4.78, 5) is 9.05. The van der Waals surface area contributed by atoms with Crippen LogP contribution in [0, 0.1) is 141 Å². The summed E-state index contributed by atoms with van der Waals surface area (Å²) in [7, 11) is 8.52. The molecule has 2 heterocycles. The first-order chi connectivity index (χ1) is 41.8. The fourth-order valence-corrected chi connectivity index (χ4v) is 10.8. The zero-order valence-electron chi connectivity index (χ0n) is 49.3. The van der Waals surface area contributed by atoms with Crippen molar-refractivity contribution in [2.45, 2.75) is 39.8 Å². The zero-order valence-corrected chi connectivity index (χ0v) is 56.1. The number of benzene rings is 8. The number of ether oxygens (including phenoxy) is 2. The largest absolute Gasteiger partial charge is 0.0622 e. The Kier molecular flexibility index (Phi) is 29.6. The van der Waals surface area contributed by atoms with E-state index in [4.69, 9.17) is 9.47 Å². The third-order valence-electron chi connectivity index (χ3n) is 15.2. The van der Waals surface area contributed by atoms with Gasteiger partial charge in [0.1, 0.15) is 13.2 Å². The van der Waals surface area contributed by atoms with Crippen molar-refractivity contribution in [2.24, 2.45) is 21.8 Å². The van der Waals surface area contributed by atoms with Crippen molar-refractivity contribution in [3.8, 4) is 0 Å². The van der Waals surface area contributed by atoms with Gasteiger partial charge in [0.25, 0.3) is 0 Å². The van der Waals surface area contributed by atoms with E-state index < -0.39 is 0 Å². The molecule has 4 saturated carbocycles. The predicted molar refractivity (Wildman–Crippen MR) is 338 cm³/mol. The topological polar surface area (TPSA) is 43.2 Å². The number of nitrogens with zero attached hydrogens (tertiary/aromatic N) is 2. The molecule has 8 aromatic rings. The average Bonchev–Trinajstić information content (AvgIpc) is 1.70. The third-order valence-corrected chi connectivity index (χ3v) is 15.2. The summed E-state index contributed by atoms with van der Waals surface area (Å²) in [6.45, 7) is 10.2. The van der Waals surface area contributed by atoms with Crippen LogP contribution in [-0.2, 0) is 79.4 Å². The van der Waals surface area contributed by atoms with E-state index in [1.165, 1.54) is 91.9 Å². The van der Waals surface area contributed by atoms with Gasteiger partial charge in [-0.2, -0.15) is 0 Å². The molecule has 6 aliphatic rings. The molecule has 20 radical (unpaired) electrons. The summed E-state index contributed by atoms with van der Waals surface area (Å²) < 4.78 is 11.0. The Balaban J connectivity index is 0.000000172. The van der Waals surface area contributed by atoms with Gasteiger partial charge >= 0.3 is 35.0 Å². The van der Waals surface area contributed by atoms with Gasteiger partial charge in [0.2, 0.25) is 0 Å². The molecule has 0 N–H and O–H groups in total. The summed E-state index contributed by atoms with van der Waals surface area (Å²) >= 11 is 0.117. The van der Waals surface area contributed by atoms with Crippen LogP contribution in [0.2, 0.25) is 0 Å². The van der Waals surface area contributed by atoms with E-state index in [9.17, 15) is 0 Å². The van der Waals surface area contributed by atoms with Crippen molar-refractivity contribution in [3.63, 3.8) is 0 Å². The smallest absolute Gasteiger partial charge is 0.0299 e. The Morgan fingerprint density at radius 3 is 0.614 bits per heavy atom. The standard InChI is InChI=1S/2C28H20.2C11H14NO.2ClH.2Co.2Pd/c2*1-5-13-21(14-6-1)25-26(22-15-7-2-8-16-22)28(24-19-11-4-12-20-24)27(25)23-17-9-3-10-18-23;2*1-8(2)10-7-13-11(12-10)9-5-3-4-6-9;;;;;;/h2*1-20H;2*3-6,8,10H,7H2,1-2H3;2*1H;;;;/q;;;;;;;;;+1/t;;2*10-;;;;;;/m..11....../s1. The molecular weight excluding hydrogens is 1400 g/mol. The maximum Gasteiger partial charge on any atom is 0.0299 e. The van der Waals surface area contributed by atoms with Crippen LogP contribution in [0.3, 0.4) is 0 Å². The van der Waals surface area contributed by atoms with E-state index >= 15 is 0 Å². The Bertz CT molecular complexity index is 2670. The van der Waals surface area contributed by atoms with Crippen molar-refractivity contribution in [3.05, 3.63) is 398 Å². The monoisotopic (exact) mass is 1470 g/mol. The summed E-state index contributed by atoms with van der Waals surface area (Å²) in [5.41, 5.74) is 10.1. The fraction of sp³-hybridized carbons (Fsp3) is 0.128. The molecule has 88 heavy (non-hydrogen) atoms. The molecule has 4 nitrogen and oxygen atoms in total. The van der Waals surface area contributed by atoms with Gasteiger partial charge in [-0.25, -0.2) is 9.98 Å². The molecule has 4 aliphatic carbocycles. The second-order valence-corrected chi connectivity index (χ2v) is 24.2. The maximum absolute atomic E-state index is 5.52. The number of aliphatic imine (C=N–C) groups is 2. The van der Waals surface area contributed by atoms with Crippen LogP contribution in [-0.4, -0.2) is 37.1 Å². The van der Waals surface area contributed by atoms with Crippen molar-refractivity contribution < 1.29 is 98.5 Å². The van der Waals surface area contributed by atoms with Crippen LogP contribution < -0.4 is 0 Å². The van der Waals surface area contributed by atoms with Gasteiger partial charge in [-0.15, -0.1) is 0 Å². The van der Waals surface area contributed by atoms with Crippen LogP contribution in [0.1, 0.15) is 72.2 Å². The Morgan fingerprint density at radius 2 is 0.477 bits per heavy atom. The minimum absolute atomic E-state index is 0. The second-order valence-electron chi connectivity index (χ2n) is 21.4. The molecule has 0 spiro atoms. The van der Waals surface area contributed by atoms with E-state index in [0.717, 1.165) is 36.8 Å². The molecule has 8 aromatic carbocycles. The molecular formula is C78H70Cl2Co2N2O2Pd2+. The Morgan fingerprint density at radius 1 is 0.318 bits per heavy atom. The molecule has 0 amide bonds. The minimum atomic E-state index is 0. The van der Waals surface area contributed by atoms with E-state index in [0.29, 0.717) is 23.9 Å². The number of rotatable bonds is 12. The molecule has 10 heteroatoms. The van der Waals surface area contributed by atoms with Crippen LogP contribution in [0.25, 0.3) is 0 Å². The maximum atomic E-state index is 5.52. The minimum Gasteiger partial charge on any atom is -0.0622 e. The average molecular weight is 1470 g/mol. The van der Waals surface area contributed by atoms with Crippen LogP contribution >= 0.6 is 0 Å². The number of hydrogen-bond donors (Lipinski definition) is 0. The molecule has 2 atom stereocenters. The zero-order chi connectivity index (χ0) is 58.7. The van der Waals surface area contributed by atoms with E-state index in [1.54, 1.807) is 0 Å². The SMILES string of the molecule is CC(C)[C@H]1COC([C]2[CH][CH][CH][CH]2)=N1.CC(C)[C@H]1COC([C]2[CH][CH][CH][CH]2)=N1.[ClH+][Pd-][ClH+].[Co].[Co].[Pd].c1ccc([C]2[C](c3ccccc3)[C](c3ccccc3)[C]2c2ccccc2)cc1.c1ccc([C]2[C](c3ccccc3)[C](c3ccccc3)[C]2c2ccccc2)cc1. The fourth-order valence-electron chi connectivity index (χ4n) is 10.8. The number of hydrogen-bond acceptors (Lipinski definition) is 4. The van der Waals surface area contributed by atoms with Gasteiger partial charge in [-0.05, 0) is 108 Å². The molecule has 0 aromatic heterocycles. The van der Waals surface area contributed by atoms with E-state index in [2.05, 4.69) is 299 Å². The van der Waals surface area contributed by atoms with Crippen molar-refractivity contribution in [1.29, 1.82) is 0 Å². The van der Waals surface area contributed by atoms with Gasteiger partial charge in [-0.1, -0.05) is 270 Å². The van der Waals surface area contributed by atoms with Crippen LogP contribution in [0.5, 0.6) is 0 Å². The van der Waals surface area contributed by atoms with Gasteiger partial charge < -0.3 is 9.47 Å². The first-order valence-electron chi connectivity index (χ1n) is 28.9. The van der Waals surface area contributed by atoms with E-state index in [1.807, 2.05) is 51.4 Å². The molecule has 0 saturated heterocycles.